The summed E-state index contributed by atoms with van der Waals surface area (Å²) in [6, 6.07) is 16.9. The van der Waals surface area contributed by atoms with Crippen molar-refractivity contribution in [1.29, 1.82) is 0 Å². The summed E-state index contributed by atoms with van der Waals surface area (Å²) in [6.07, 6.45) is 3.18. The summed E-state index contributed by atoms with van der Waals surface area (Å²) in [5, 5.41) is 35.3. The van der Waals surface area contributed by atoms with Crippen molar-refractivity contribution in [3.8, 4) is 0 Å². The molecular formula is C59H61N11O17. The Kier molecular flexibility index (Phi) is 20.1. The van der Waals surface area contributed by atoms with Crippen LogP contribution in [0.15, 0.2) is 97.1 Å². The minimum absolute atomic E-state index is 0.0359. The Hall–Kier alpha value is -10.5. The fraction of sp³-hybridized carbons (Fsp3) is 0.339. The number of nitrogens with zero attached hydrogens (tertiary/aromatic N) is 6. The van der Waals surface area contributed by atoms with Gasteiger partial charge in [0.05, 0.1) is 40.7 Å². The lowest BCUT2D eigenvalue weighted by Gasteiger charge is -2.30. The fourth-order valence-corrected chi connectivity index (χ4v) is 10.2. The summed E-state index contributed by atoms with van der Waals surface area (Å²) < 4.78 is 11.5. The number of primary amides is 1. The summed E-state index contributed by atoms with van der Waals surface area (Å²) in [5.41, 5.74) is 5.34. The molecule has 87 heavy (non-hydrogen) atoms. The molecule has 28 heteroatoms. The number of nitro groups is 2. The van der Waals surface area contributed by atoms with Gasteiger partial charge in [0.2, 0.25) is 17.7 Å². The topological polar surface area (TPSA) is 380 Å². The van der Waals surface area contributed by atoms with Crippen LogP contribution in [-0.2, 0) is 40.1 Å². The van der Waals surface area contributed by atoms with Crippen molar-refractivity contribution >= 4 is 104 Å². The smallest absolute Gasteiger partial charge is 0.410 e. The number of hydrogen-bond donors (Lipinski definition) is 5. The number of ether oxygens (including phenoxy) is 2. The second kappa shape index (κ2) is 27.9. The van der Waals surface area contributed by atoms with Crippen LogP contribution in [-0.4, -0.2) is 159 Å². The summed E-state index contributed by atoms with van der Waals surface area (Å²) >= 11 is 0. The van der Waals surface area contributed by atoms with E-state index in [1.54, 1.807) is 32.0 Å². The highest BCUT2D eigenvalue weighted by Gasteiger charge is 2.37. The van der Waals surface area contributed by atoms with Crippen molar-refractivity contribution in [2.45, 2.75) is 71.1 Å². The number of amides is 12. The highest BCUT2D eigenvalue weighted by molar-refractivity contribution is 6.27. The van der Waals surface area contributed by atoms with E-state index in [2.05, 4.69) is 21.3 Å². The van der Waals surface area contributed by atoms with Crippen LogP contribution >= 0.6 is 0 Å². The molecule has 454 valence electrons. The summed E-state index contributed by atoms with van der Waals surface area (Å²) in [7, 11) is 0. The van der Waals surface area contributed by atoms with Gasteiger partial charge in [-0.1, -0.05) is 56.7 Å². The molecule has 3 heterocycles. The van der Waals surface area contributed by atoms with Gasteiger partial charge >= 0.3 is 12.1 Å². The largest absolute Gasteiger partial charge is 0.445 e. The van der Waals surface area contributed by atoms with Gasteiger partial charge in [-0.2, -0.15) is 0 Å². The fourth-order valence-electron chi connectivity index (χ4n) is 10.2. The average molecular weight is 1200 g/mol. The lowest BCUT2D eigenvalue weighted by Crippen LogP contribution is -2.54. The minimum Gasteiger partial charge on any atom is -0.445 e. The Morgan fingerprint density at radius 1 is 0.632 bits per heavy atom. The molecule has 8 rings (SSSR count). The van der Waals surface area contributed by atoms with Crippen LogP contribution in [0, 0.1) is 26.1 Å². The molecule has 0 aliphatic carbocycles. The first-order valence-corrected chi connectivity index (χ1v) is 27.8. The van der Waals surface area contributed by atoms with Gasteiger partial charge in [0.25, 0.3) is 46.8 Å². The van der Waals surface area contributed by atoms with E-state index in [1.165, 1.54) is 66.7 Å². The summed E-state index contributed by atoms with van der Waals surface area (Å²) in [4.78, 5) is 171. The van der Waals surface area contributed by atoms with Crippen LogP contribution in [0.3, 0.4) is 0 Å². The van der Waals surface area contributed by atoms with Gasteiger partial charge in [-0.25, -0.2) is 9.59 Å². The van der Waals surface area contributed by atoms with Gasteiger partial charge in [0, 0.05) is 103 Å². The van der Waals surface area contributed by atoms with Crippen molar-refractivity contribution in [2.75, 3.05) is 57.8 Å². The van der Waals surface area contributed by atoms with Crippen LogP contribution < -0.4 is 27.0 Å². The monoisotopic (exact) mass is 1200 g/mol. The molecule has 0 bridgehead atoms. The number of hydrogen-bond acceptors (Lipinski definition) is 17. The number of anilines is 1. The first-order chi connectivity index (χ1) is 41.6. The molecule has 0 saturated carbocycles. The lowest BCUT2D eigenvalue weighted by atomic mass is 9.93. The molecule has 28 nitrogen and oxygen atoms in total. The van der Waals surface area contributed by atoms with Gasteiger partial charge in [-0.3, -0.25) is 78.1 Å². The number of rotatable bonds is 29. The number of nitrogens with one attached hydrogen (secondary N) is 4. The number of nitrogens with two attached hydrogens (primary N) is 1. The zero-order valence-corrected chi connectivity index (χ0v) is 47.3. The second-order valence-corrected chi connectivity index (χ2v) is 20.9. The minimum atomic E-state index is -1.17. The molecule has 0 aromatic heterocycles. The van der Waals surface area contributed by atoms with Crippen molar-refractivity contribution in [3.05, 3.63) is 145 Å². The van der Waals surface area contributed by atoms with E-state index in [4.69, 9.17) is 15.2 Å². The van der Waals surface area contributed by atoms with Crippen LogP contribution in [0.2, 0.25) is 0 Å². The normalized spacial score (nSPS) is 14.2. The highest BCUT2D eigenvalue weighted by atomic mass is 16.6. The van der Waals surface area contributed by atoms with E-state index in [0.717, 1.165) is 31.7 Å². The molecule has 3 aliphatic rings. The number of urea groups is 1. The molecule has 2 atom stereocenters. The van der Waals surface area contributed by atoms with E-state index in [9.17, 15) is 73.0 Å². The maximum atomic E-state index is 14.0. The van der Waals surface area contributed by atoms with Gasteiger partial charge in [0.1, 0.15) is 18.7 Å². The van der Waals surface area contributed by atoms with Crippen molar-refractivity contribution < 1.29 is 72.1 Å². The first kappa shape index (κ1) is 62.5. The number of carbonyl (C=O) groups is 11. The SMILES string of the molecule is CC(C)[C@H](NC(=O)CCCCCN1C(=O)C=CC1=O)C(=O)N[C@@H](CCCNC(N)=O)C(=O)Nc1ccc(COC(=O)N(CCOCCN2C(=O)c3cccc4cc([N+](=O)[O-])cc(c34)C2=O)CCN2C(=O)c3cccc4cc([N+](=O)[O-])cc(c34)C2=O)cc1. The standard InChI is InChI=1S/C59H61N11O17/c1-34(2)51(64-46(71)14-4-3-5-22-66-47(72)19-20-48(66)73)53(75)63-45(13-8-21-61-58(60)80)52(74)62-38-17-15-35(16-18-38)33-87-59(81)65(23-24-67-54(76)41-11-6-9-36-29-39(69(82)83)31-43(49(36)41)56(67)78)25-27-86-28-26-68-55(77)42-12-7-10-37-30-40(70(84)85)32-44(50(37)42)57(68)79/h6-7,9-12,15-20,29-32,34,45,51H,3-5,8,13-14,21-28,33H2,1-2H3,(H,62,74)(H,63,75)(H,64,71)(H3,60,61,80)/t45-,51-/m0/s1. The Labute approximate surface area is 495 Å². The van der Waals surface area contributed by atoms with Gasteiger partial charge in [-0.15, -0.1) is 0 Å². The molecular weight excluding hydrogens is 1130 g/mol. The Balaban J connectivity index is 0.895. The van der Waals surface area contributed by atoms with Crippen molar-refractivity contribution in [1.82, 2.24) is 35.6 Å². The van der Waals surface area contributed by atoms with Crippen molar-refractivity contribution in [2.24, 2.45) is 11.7 Å². The Morgan fingerprint density at radius 2 is 1.21 bits per heavy atom. The first-order valence-electron chi connectivity index (χ1n) is 27.8. The summed E-state index contributed by atoms with van der Waals surface area (Å²) in [6.45, 7) is 1.63. The quantitative estimate of drug-likeness (QED) is 0.0185. The third kappa shape index (κ3) is 14.9. The number of benzene rings is 5. The Bertz CT molecular complexity index is 3640. The number of carbonyl (C=O) groups excluding carboxylic acids is 11. The lowest BCUT2D eigenvalue weighted by molar-refractivity contribution is -0.384. The second-order valence-electron chi connectivity index (χ2n) is 20.9. The van der Waals surface area contributed by atoms with Crippen molar-refractivity contribution in [3.63, 3.8) is 0 Å². The third-order valence-electron chi connectivity index (χ3n) is 14.7. The molecule has 3 aliphatic heterocycles. The third-order valence-corrected chi connectivity index (χ3v) is 14.7. The molecule has 0 fully saturated rings. The highest BCUT2D eigenvalue weighted by Crippen LogP contribution is 2.35. The van der Waals surface area contributed by atoms with Crippen LogP contribution in [0.4, 0.5) is 26.7 Å². The summed E-state index contributed by atoms with van der Waals surface area (Å²) in [5.74, 6) is -5.89. The zero-order valence-electron chi connectivity index (χ0n) is 47.3. The molecule has 5 aromatic carbocycles. The number of non-ortho nitro benzene ring substituents is 2. The predicted octanol–water partition coefficient (Wildman–Crippen LogP) is 4.86. The zero-order chi connectivity index (χ0) is 62.6. The molecule has 0 radical (unpaired) electrons. The van der Waals surface area contributed by atoms with Crippen LogP contribution in [0.25, 0.3) is 21.5 Å². The average Bonchev–Trinajstić information content (AvgIpc) is 1.52. The van der Waals surface area contributed by atoms with E-state index < -0.39 is 99.7 Å². The van der Waals surface area contributed by atoms with Crippen LogP contribution in [0.5, 0.6) is 0 Å². The molecule has 0 unspecified atom stereocenters. The van der Waals surface area contributed by atoms with Gasteiger partial charge < -0.3 is 41.4 Å². The molecule has 6 N–H and O–H groups in total. The molecule has 0 saturated heterocycles. The molecule has 12 amide bonds. The molecule has 5 aromatic rings. The Morgan fingerprint density at radius 3 is 1.77 bits per heavy atom. The van der Waals surface area contributed by atoms with E-state index in [1.807, 2.05) is 0 Å². The molecule has 0 spiro atoms. The van der Waals surface area contributed by atoms with Gasteiger partial charge in [-0.05, 0) is 72.2 Å². The maximum Gasteiger partial charge on any atom is 0.410 e. The number of imide groups is 3. The maximum absolute atomic E-state index is 14.0. The van der Waals surface area contributed by atoms with E-state index in [0.29, 0.717) is 35.6 Å². The number of unbranched alkanes of at least 4 members (excludes halogenated alkanes) is 2. The van der Waals surface area contributed by atoms with Gasteiger partial charge in [0.15, 0.2) is 0 Å². The number of nitro benzene ring substituents is 2. The van der Waals surface area contributed by atoms with Crippen LogP contribution in [0.1, 0.15) is 99.4 Å². The predicted molar refractivity (Wildman–Crippen MR) is 309 cm³/mol. The van der Waals surface area contributed by atoms with E-state index >= 15 is 0 Å². The van der Waals surface area contributed by atoms with E-state index in [-0.39, 0.29) is 122 Å².